The van der Waals surface area contributed by atoms with Crippen LogP contribution in [0.3, 0.4) is 0 Å². The summed E-state index contributed by atoms with van der Waals surface area (Å²) in [6, 6.07) is -0.0848. The Morgan fingerprint density at radius 3 is 2.27 bits per heavy atom. The van der Waals surface area contributed by atoms with E-state index in [0.29, 0.717) is 6.54 Å². The molecule has 90 valence electrons. The Bertz CT molecular complexity index is 179. The van der Waals surface area contributed by atoms with Crippen molar-refractivity contribution >= 4 is 5.91 Å². The maximum absolute atomic E-state index is 11.5. The van der Waals surface area contributed by atoms with Crippen LogP contribution in [0.4, 0.5) is 0 Å². The molecule has 0 aliphatic rings. The van der Waals surface area contributed by atoms with E-state index in [1.54, 1.807) is 0 Å². The third-order valence-electron chi connectivity index (χ3n) is 2.82. The molecule has 4 heteroatoms. The highest BCUT2D eigenvalue weighted by Gasteiger charge is 2.16. The first-order chi connectivity index (χ1) is 7.02. The SMILES string of the molecule is CCN(CC)CCNC(=O)C(C)C(C)N. The summed E-state index contributed by atoms with van der Waals surface area (Å²) in [5.41, 5.74) is 5.65. The van der Waals surface area contributed by atoms with E-state index in [0.717, 1.165) is 19.6 Å². The minimum absolute atomic E-state index is 0.0529. The van der Waals surface area contributed by atoms with Gasteiger partial charge in [0.05, 0.1) is 0 Å². The van der Waals surface area contributed by atoms with Gasteiger partial charge in [0.2, 0.25) is 5.91 Å². The zero-order chi connectivity index (χ0) is 11.8. The summed E-state index contributed by atoms with van der Waals surface area (Å²) in [4.78, 5) is 13.8. The van der Waals surface area contributed by atoms with Gasteiger partial charge in [0.1, 0.15) is 0 Å². The fourth-order valence-corrected chi connectivity index (χ4v) is 1.28. The number of carbonyl (C=O) groups is 1. The highest BCUT2D eigenvalue weighted by atomic mass is 16.1. The number of amides is 1. The first-order valence-corrected chi connectivity index (χ1v) is 5.78. The molecule has 1 amide bonds. The van der Waals surface area contributed by atoms with Gasteiger partial charge >= 0.3 is 0 Å². The Labute approximate surface area is 93.2 Å². The lowest BCUT2D eigenvalue weighted by molar-refractivity contribution is -0.124. The van der Waals surface area contributed by atoms with Crippen molar-refractivity contribution in [3.8, 4) is 0 Å². The van der Waals surface area contributed by atoms with E-state index in [1.807, 2.05) is 13.8 Å². The molecule has 0 saturated heterocycles. The fraction of sp³-hybridized carbons (Fsp3) is 0.909. The first kappa shape index (κ1) is 14.4. The lowest BCUT2D eigenvalue weighted by Crippen LogP contribution is -2.41. The third kappa shape index (κ3) is 5.74. The smallest absolute Gasteiger partial charge is 0.224 e. The summed E-state index contributed by atoms with van der Waals surface area (Å²) in [5, 5.41) is 2.90. The standard InChI is InChI=1S/C11H25N3O/c1-5-14(6-2)8-7-13-11(15)9(3)10(4)12/h9-10H,5-8,12H2,1-4H3,(H,13,15). The minimum atomic E-state index is -0.110. The maximum Gasteiger partial charge on any atom is 0.224 e. The number of nitrogens with zero attached hydrogens (tertiary/aromatic N) is 1. The molecule has 0 aromatic heterocycles. The molecule has 2 atom stereocenters. The first-order valence-electron chi connectivity index (χ1n) is 5.78. The molecule has 0 radical (unpaired) electrons. The number of rotatable bonds is 7. The van der Waals surface area contributed by atoms with Crippen LogP contribution in [-0.2, 0) is 4.79 Å². The van der Waals surface area contributed by atoms with Crippen molar-refractivity contribution < 1.29 is 4.79 Å². The van der Waals surface area contributed by atoms with Crippen molar-refractivity contribution in [2.75, 3.05) is 26.2 Å². The predicted molar refractivity (Wildman–Crippen MR) is 63.6 cm³/mol. The van der Waals surface area contributed by atoms with Crippen LogP contribution in [-0.4, -0.2) is 43.0 Å². The number of hydrogen-bond donors (Lipinski definition) is 2. The second-order valence-electron chi connectivity index (χ2n) is 3.97. The van der Waals surface area contributed by atoms with Gasteiger partial charge in [-0.1, -0.05) is 20.8 Å². The van der Waals surface area contributed by atoms with E-state index >= 15 is 0 Å². The number of likely N-dealkylation sites (N-methyl/N-ethyl adjacent to an activating group) is 1. The van der Waals surface area contributed by atoms with Crippen LogP contribution >= 0.6 is 0 Å². The Balaban J connectivity index is 3.72. The van der Waals surface area contributed by atoms with Crippen LogP contribution in [0, 0.1) is 5.92 Å². The topological polar surface area (TPSA) is 58.4 Å². The highest BCUT2D eigenvalue weighted by Crippen LogP contribution is 1.98. The summed E-state index contributed by atoms with van der Waals surface area (Å²) in [6.07, 6.45) is 0. The lowest BCUT2D eigenvalue weighted by atomic mass is 10.0. The molecule has 0 bridgehead atoms. The second-order valence-corrected chi connectivity index (χ2v) is 3.97. The maximum atomic E-state index is 11.5. The summed E-state index contributed by atoms with van der Waals surface area (Å²) in [5.74, 6) is -0.0566. The molecule has 0 saturated carbocycles. The quantitative estimate of drug-likeness (QED) is 0.647. The van der Waals surface area contributed by atoms with Crippen molar-refractivity contribution in [1.82, 2.24) is 10.2 Å². The van der Waals surface area contributed by atoms with E-state index in [-0.39, 0.29) is 17.9 Å². The Kier molecular flexibility index (Phi) is 7.34. The number of carbonyl (C=O) groups excluding carboxylic acids is 1. The molecule has 0 aliphatic heterocycles. The molecule has 0 heterocycles. The fourth-order valence-electron chi connectivity index (χ4n) is 1.28. The van der Waals surface area contributed by atoms with Gasteiger partial charge in [-0.25, -0.2) is 0 Å². The van der Waals surface area contributed by atoms with Gasteiger partial charge in [-0.15, -0.1) is 0 Å². The van der Waals surface area contributed by atoms with Crippen LogP contribution in [0.1, 0.15) is 27.7 Å². The van der Waals surface area contributed by atoms with E-state index < -0.39 is 0 Å². The Hall–Kier alpha value is -0.610. The highest BCUT2D eigenvalue weighted by molar-refractivity contribution is 5.78. The lowest BCUT2D eigenvalue weighted by Gasteiger charge is -2.20. The van der Waals surface area contributed by atoms with Crippen molar-refractivity contribution in [2.45, 2.75) is 33.7 Å². The van der Waals surface area contributed by atoms with E-state index in [9.17, 15) is 4.79 Å². The zero-order valence-electron chi connectivity index (χ0n) is 10.4. The molecule has 0 fully saturated rings. The summed E-state index contributed by atoms with van der Waals surface area (Å²) in [6.45, 7) is 11.6. The molecular formula is C11H25N3O. The number of nitrogens with two attached hydrogens (primary N) is 1. The summed E-state index contributed by atoms with van der Waals surface area (Å²) in [7, 11) is 0. The van der Waals surface area contributed by atoms with Crippen LogP contribution in [0.15, 0.2) is 0 Å². The van der Waals surface area contributed by atoms with Gasteiger partial charge in [-0.2, -0.15) is 0 Å². The Morgan fingerprint density at radius 2 is 1.87 bits per heavy atom. The van der Waals surface area contributed by atoms with E-state index in [4.69, 9.17) is 5.73 Å². The van der Waals surface area contributed by atoms with Crippen LogP contribution < -0.4 is 11.1 Å². The molecule has 0 spiro atoms. The third-order valence-corrected chi connectivity index (χ3v) is 2.82. The molecule has 0 rings (SSSR count). The van der Waals surface area contributed by atoms with Crippen molar-refractivity contribution in [3.05, 3.63) is 0 Å². The molecule has 15 heavy (non-hydrogen) atoms. The molecule has 4 nitrogen and oxygen atoms in total. The molecule has 0 aromatic carbocycles. The van der Waals surface area contributed by atoms with Crippen LogP contribution in [0.5, 0.6) is 0 Å². The average Bonchev–Trinajstić information content (AvgIpc) is 2.22. The molecule has 2 unspecified atom stereocenters. The van der Waals surface area contributed by atoms with Gasteiger partial charge < -0.3 is 16.0 Å². The van der Waals surface area contributed by atoms with Crippen molar-refractivity contribution in [2.24, 2.45) is 11.7 Å². The van der Waals surface area contributed by atoms with E-state index in [2.05, 4.69) is 24.1 Å². The molecule has 0 aromatic rings. The van der Waals surface area contributed by atoms with Gasteiger partial charge in [0, 0.05) is 25.0 Å². The summed E-state index contributed by atoms with van der Waals surface area (Å²) >= 11 is 0. The van der Waals surface area contributed by atoms with Crippen molar-refractivity contribution in [3.63, 3.8) is 0 Å². The van der Waals surface area contributed by atoms with Gasteiger partial charge in [-0.3, -0.25) is 4.79 Å². The van der Waals surface area contributed by atoms with Crippen molar-refractivity contribution in [1.29, 1.82) is 0 Å². The van der Waals surface area contributed by atoms with E-state index in [1.165, 1.54) is 0 Å². The normalized spacial score (nSPS) is 15.1. The largest absolute Gasteiger partial charge is 0.355 e. The number of nitrogens with one attached hydrogen (secondary N) is 1. The molecule has 0 aliphatic carbocycles. The predicted octanol–water partition coefficient (Wildman–Crippen LogP) is 0.428. The average molecular weight is 215 g/mol. The molecular weight excluding hydrogens is 190 g/mol. The number of hydrogen-bond acceptors (Lipinski definition) is 3. The minimum Gasteiger partial charge on any atom is -0.355 e. The van der Waals surface area contributed by atoms with Crippen LogP contribution in [0.25, 0.3) is 0 Å². The van der Waals surface area contributed by atoms with Gasteiger partial charge in [0.25, 0.3) is 0 Å². The van der Waals surface area contributed by atoms with Crippen LogP contribution in [0.2, 0.25) is 0 Å². The second kappa shape index (κ2) is 7.65. The zero-order valence-corrected chi connectivity index (χ0v) is 10.4. The Morgan fingerprint density at radius 1 is 1.33 bits per heavy atom. The monoisotopic (exact) mass is 215 g/mol. The molecule has 3 N–H and O–H groups in total. The van der Waals surface area contributed by atoms with Gasteiger partial charge in [-0.05, 0) is 20.0 Å². The van der Waals surface area contributed by atoms with Gasteiger partial charge in [0.15, 0.2) is 0 Å². The summed E-state index contributed by atoms with van der Waals surface area (Å²) < 4.78 is 0.